The van der Waals surface area contributed by atoms with Crippen LogP contribution in [-0.4, -0.2) is 49.2 Å². The third-order valence-corrected chi connectivity index (χ3v) is 4.98. The van der Waals surface area contributed by atoms with Crippen LogP contribution in [0.4, 0.5) is 0 Å². The van der Waals surface area contributed by atoms with Crippen LogP contribution in [-0.2, 0) is 7.05 Å². The molecule has 0 radical (unpaired) electrons. The number of carboxylic acid groups (broad SMARTS) is 1. The van der Waals surface area contributed by atoms with Gasteiger partial charge in [-0.1, -0.05) is 0 Å². The fraction of sp³-hybridized carbons (Fsp3) is 0.444. The second-order valence-corrected chi connectivity index (χ2v) is 6.97. The van der Waals surface area contributed by atoms with E-state index in [2.05, 4.69) is 10.1 Å². The number of pyridine rings is 1. The molecular weight excluding hydrogens is 320 g/mol. The summed E-state index contributed by atoms with van der Waals surface area (Å²) in [6.45, 7) is 0.696. The van der Waals surface area contributed by atoms with Gasteiger partial charge >= 0.3 is 5.97 Å². The molecule has 0 aromatic carbocycles. The fourth-order valence-electron chi connectivity index (χ4n) is 3.35. The Bertz CT molecular complexity index is 827. The van der Waals surface area contributed by atoms with Gasteiger partial charge in [-0.05, 0) is 48.8 Å². The minimum absolute atomic E-state index is 0.0914. The molecule has 1 N–H and O–H groups in total. The quantitative estimate of drug-likeness (QED) is 0.868. The summed E-state index contributed by atoms with van der Waals surface area (Å²) in [6, 6.07) is 3.03. The highest BCUT2D eigenvalue weighted by molar-refractivity contribution is 5.96. The van der Waals surface area contributed by atoms with Gasteiger partial charge in [0.25, 0.3) is 5.91 Å². The van der Waals surface area contributed by atoms with Gasteiger partial charge in [0.05, 0.1) is 11.8 Å². The maximum atomic E-state index is 12.9. The normalized spacial score (nSPS) is 21.8. The molecule has 130 valence electrons. The molecule has 2 heterocycles. The van der Waals surface area contributed by atoms with Gasteiger partial charge < -0.3 is 10.0 Å². The number of aromatic carboxylic acids is 1. The number of aromatic nitrogens is 3. The number of hydrogen-bond acceptors (Lipinski definition) is 4. The molecule has 0 bridgehead atoms. The van der Waals surface area contributed by atoms with Crippen molar-refractivity contribution in [3.63, 3.8) is 0 Å². The summed E-state index contributed by atoms with van der Waals surface area (Å²) in [4.78, 5) is 30.0. The number of hydrogen-bond donors (Lipinski definition) is 1. The van der Waals surface area contributed by atoms with Crippen molar-refractivity contribution >= 4 is 11.9 Å². The average molecular weight is 340 g/mol. The van der Waals surface area contributed by atoms with E-state index in [-0.39, 0.29) is 23.2 Å². The molecule has 25 heavy (non-hydrogen) atoms. The zero-order chi connectivity index (χ0) is 17.6. The van der Waals surface area contributed by atoms with Gasteiger partial charge in [-0.2, -0.15) is 5.10 Å². The number of nitrogens with zero attached hydrogens (tertiary/aromatic N) is 4. The summed E-state index contributed by atoms with van der Waals surface area (Å²) in [6.07, 6.45) is 8.39. The van der Waals surface area contributed by atoms with Crippen molar-refractivity contribution in [2.24, 2.45) is 13.0 Å². The van der Waals surface area contributed by atoms with Crippen molar-refractivity contribution in [2.45, 2.75) is 31.2 Å². The molecule has 0 unspecified atom stereocenters. The molecule has 2 aliphatic carbocycles. The molecule has 2 fully saturated rings. The molecule has 2 aromatic heterocycles. The van der Waals surface area contributed by atoms with Gasteiger partial charge in [-0.15, -0.1) is 0 Å². The predicted molar refractivity (Wildman–Crippen MR) is 89.3 cm³/mol. The molecule has 7 nitrogen and oxygen atoms in total. The molecular formula is C18H20N4O3. The third-order valence-electron chi connectivity index (χ3n) is 4.98. The first-order valence-corrected chi connectivity index (χ1v) is 8.52. The Labute approximate surface area is 145 Å². The van der Waals surface area contributed by atoms with Crippen LogP contribution in [0.1, 0.15) is 51.6 Å². The summed E-state index contributed by atoms with van der Waals surface area (Å²) < 4.78 is 1.80. The Balaban J connectivity index is 1.48. The molecule has 2 aromatic rings. The predicted octanol–water partition coefficient (Wildman–Crippen LogP) is 1.92. The Morgan fingerprint density at radius 2 is 2.20 bits per heavy atom. The molecule has 4 rings (SSSR count). The maximum Gasteiger partial charge on any atom is 0.335 e. The zero-order valence-corrected chi connectivity index (χ0v) is 14.0. The van der Waals surface area contributed by atoms with E-state index in [0.717, 1.165) is 19.3 Å². The molecule has 2 atom stereocenters. The molecule has 2 aliphatic rings. The summed E-state index contributed by atoms with van der Waals surface area (Å²) in [5.41, 5.74) is 1.53. The molecule has 0 saturated heterocycles. The Kier molecular flexibility index (Phi) is 3.78. The van der Waals surface area contributed by atoms with Gasteiger partial charge in [0.15, 0.2) is 0 Å². The van der Waals surface area contributed by atoms with E-state index in [1.165, 1.54) is 23.9 Å². The molecule has 1 amide bonds. The lowest BCUT2D eigenvalue weighted by Crippen LogP contribution is -2.35. The zero-order valence-electron chi connectivity index (χ0n) is 14.0. The first-order valence-electron chi connectivity index (χ1n) is 8.52. The molecule has 0 aliphatic heterocycles. The number of amides is 1. The number of rotatable bonds is 6. The molecule has 2 saturated carbocycles. The van der Waals surface area contributed by atoms with Crippen molar-refractivity contribution in [3.8, 4) is 0 Å². The first-order chi connectivity index (χ1) is 12.0. The van der Waals surface area contributed by atoms with Crippen LogP contribution in [0.15, 0.2) is 30.7 Å². The van der Waals surface area contributed by atoms with E-state index in [9.17, 15) is 9.59 Å². The van der Waals surface area contributed by atoms with Crippen LogP contribution in [0.3, 0.4) is 0 Å². The maximum absolute atomic E-state index is 12.9. The minimum atomic E-state index is -1.05. The monoisotopic (exact) mass is 340 g/mol. The van der Waals surface area contributed by atoms with Crippen LogP contribution >= 0.6 is 0 Å². The highest BCUT2D eigenvalue weighted by atomic mass is 16.4. The second kappa shape index (κ2) is 5.98. The van der Waals surface area contributed by atoms with Crippen LogP contribution in [0.5, 0.6) is 0 Å². The largest absolute Gasteiger partial charge is 0.478 e. The van der Waals surface area contributed by atoms with Crippen LogP contribution in [0, 0.1) is 5.92 Å². The summed E-state index contributed by atoms with van der Waals surface area (Å²) in [7, 11) is 1.90. The average Bonchev–Trinajstić information content (AvgIpc) is 3.52. The summed E-state index contributed by atoms with van der Waals surface area (Å²) in [5, 5.41) is 13.3. The van der Waals surface area contributed by atoms with Gasteiger partial charge in [0, 0.05) is 32.0 Å². The lowest BCUT2D eigenvalue weighted by Gasteiger charge is -2.22. The third kappa shape index (κ3) is 3.26. The van der Waals surface area contributed by atoms with E-state index in [1.807, 2.05) is 24.3 Å². The Hall–Kier alpha value is -2.70. The smallest absolute Gasteiger partial charge is 0.335 e. The van der Waals surface area contributed by atoms with Crippen molar-refractivity contribution in [2.75, 3.05) is 6.54 Å². The lowest BCUT2D eigenvalue weighted by atomic mass is 10.1. The Morgan fingerprint density at radius 1 is 1.40 bits per heavy atom. The number of carbonyl (C=O) groups is 2. The molecule has 0 spiro atoms. The highest BCUT2D eigenvalue weighted by Crippen LogP contribution is 2.48. The van der Waals surface area contributed by atoms with Crippen LogP contribution in [0.2, 0.25) is 0 Å². The van der Waals surface area contributed by atoms with Crippen LogP contribution < -0.4 is 0 Å². The molecule has 7 heteroatoms. The van der Waals surface area contributed by atoms with E-state index in [4.69, 9.17) is 5.11 Å². The van der Waals surface area contributed by atoms with Crippen molar-refractivity contribution < 1.29 is 14.7 Å². The lowest BCUT2D eigenvalue weighted by molar-refractivity contribution is 0.0696. The van der Waals surface area contributed by atoms with Gasteiger partial charge in [-0.25, -0.2) is 4.79 Å². The van der Waals surface area contributed by atoms with Crippen molar-refractivity contribution in [1.82, 2.24) is 19.7 Å². The van der Waals surface area contributed by atoms with Gasteiger partial charge in [-0.3, -0.25) is 14.5 Å². The van der Waals surface area contributed by atoms with Crippen molar-refractivity contribution in [1.29, 1.82) is 0 Å². The Morgan fingerprint density at radius 3 is 2.84 bits per heavy atom. The highest BCUT2D eigenvalue weighted by Gasteiger charge is 2.44. The standard InChI is InChI=1S/C18H20N4O3/c1-21-9-13(8-20-21)15-6-12(15)10-22(14-2-3-14)17(23)16-7-11(18(24)25)4-5-19-16/h4-5,7-9,12,14-15H,2-3,6,10H2,1H3,(H,24,25)/t12-,15+/m0/s1. The minimum Gasteiger partial charge on any atom is -0.478 e. The van der Waals surface area contributed by atoms with Crippen LogP contribution in [0.25, 0.3) is 0 Å². The SMILES string of the molecule is Cn1cc([C@@H]2C[C@H]2CN(C(=O)c2cc(C(=O)O)ccn2)C2CC2)cn1. The van der Waals surface area contributed by atoms with E-state index in [0.29, 0.717) is 18.4 Å². The topological polar surface area (TPSA) is 88.3 Å². The second-order valence-electron chi connectivity index (χ2n) is 6.97. The fourth-order valence-corrected chi connectivity index (χ4v) is 3.35. The number of aryl methyl sites for hydroxylation is 1. The number of carboxylic acids is 1. The summed E-state index contributed by atoms with van der Waals surface area (Å²) in [5.74, 6) is -0.312. The van der Waals surface area contributed by atoms with Gasteiger partial charge in [0.1, 0.15) is 5.69 Å². The van der Waals surface area contributed by atoms with E-state index in [1.54, 1.807) is 4.68 Å². The first kappa shape index (κ1) is 15.8. The van der Waals surface area contributed by atoms with Crippen molar-refractivity contribution in [3.05, 3.63) is 47.5 Å². The van der Waals surface area contributed by atoms with E-state index < -0.39 is 5.97 Å². The summed E-state index contributed by atoms with van der Waals surface area (Å²) >= 11 is 0. The van der Waals surface area contributed by atoms with Gasteiger partial charge in [0.2, 0.25) is 0 Å². The van der Waals surface area contributed by atoms with E-state index >= 15 is 0 Å². The number of carbonyl (C=O) groups excluding carboxylic acids is 1.